The van der Waals surface area contributed by atoms with E-state index in [1.165, 1.54) is 7.05 Å². The molecule has 0 aromatic carbocycles. The maximum atomic E-state index is 13.1. The number of imidazole rings is 1. The van der Waals surface area contributed by atoms with Crippen LogP contribution in [0.1, 0.15) is 35.1 Å². The Kier molecular flexibility index (Phi) is 4.83. The molecule has 1 aliphatic rings. The number of nitrogens with one attached hydrogen (secondary N) is 2. The van der Waals surface area contributed by atoms with Crippen LogP contribution in [0.15, 0.2) is 31.1 Å². The second-order valence-corrected chi connectivity index (χ2v) is 7.80. The van der Waals surface area contributed by atoms with Gasteiger partial charge in [-0.25, -0.2) is 14.6 Å². The van der Waals surface area contributed by atoms with Crippen molar-refractivity contribution in [1.29, 1.82) is 0 Å². The summed E-state index contributed by atoms with van der Waals surface area (Å²) < 4.78 is 45.0. The highest BCUT2D eigenvalue weighted by Gasteiger charge is 2.35. The van der Waals surface area contributed by atoms with Crippen LogP contribution in [0, 0.1) is 13.8 Å². The smallest absolute Gasteiger partial charge is 0.372 e. The molecule has 0 fully saturated rings. The summed E-state index contributed by atoms with van der Waals surface area (Å²) in [7, 11) is 1.38. The predicted molar refractivity (Wildman–Crippen MR) is 114 cm³/mol. The van der Waals surface area contributed by atoms with E-state index in [2.05, 4.69) is 40.3 Å². The lowest BCUT2D eigenvalue weighted by atomic mass is 10.2. The maximum Gasteiger partial charge on any atom is 0.421 e. The molecule has 4 aromatic heterocycles. The van der Waals surface area contributed by atoms with Crippen LogP contribution >= 0.6 is 0 Å². The number of aromatic nitrogens is 8. The molecular formula is C20H21F3N10. The molecule has 0 amide bonds. The molecule has 33 heavy (non-hydrogen) atoms. The minimum atomic E-state index is -4.55. The van der Waals surface area contributed by atoms with Crippen LogP contribution < -0.4 is 10.6 Å². The van der Waals surface area contributed by atoms with Crippen LogP contribution in [-0.2, 0) is 12.7 Å². The summed E-state index contributed by atoms with van der Waals surface area (Å²) in [6, 6.07) is 0.106. The van der Waals surface area contributed by atoms with Gasteiger partial charge in [0.25, 0.3) is 0 Å². The van der Waals surface area contributed by atoms with E-state index in [1.807, 2.05) is 30.3 Å². The minimum absolute atomic E-state index is 0.0293. The lowest BCUT2D eigenvalue weighted by Gasteiger charge is -2.12. The number of fused-ring (bicyclic) bond motifs is 1. The van der Waals surface area contributed by atoms with Crippen molar-refractivity contribution in [2.24, 2.45) is 0 Å². The van der Waals surface area contributed by atoms with Gasteiger partial charge in [-0.1, -0.05) is 0 Å². The second kappa shape index (κ2) is 7.60. The van der Waals surface area contributed by atoms with Gasteiger partial charge in [-0.2, -0.15) is 28.4 Å². The summed E-state index contributed by atoms with van der Waals surface area (Å²) in [5.41, 5.74) is 2.99. The first-order chi connectivity index (χ1) is 15.7. The van der Waals surface area contributed by atoms with Crippen LogP contribution in [0.5, 0.6) is 0 Å². The standard InChI is InChI=1S/C20H21F3N10/c1-11-14(27-19-26-6-13(20(21,22)23)18(24-3)28-19)8-32(29-11)17-9-33(30-12(17)2)15-4-5-31-10-25-7-16(15)31/h6-10,15H,4-5H2,1-3H3,(H2,24,26,27,28)/t15-/m1/s1. The molecule has 1 aliphatic heterocycles. The Balaban J connectivity index is 1.42. The van der Waals surface area contributed by atoms with E-state index in [-0.39, 0.29) is 17.8 Å². The predicted octanol–water partition coefficient (Wildman–Crippen LogP) is 3.47. The van der Waals surface area contributed by atoms with Gasteiger partial charge in [0.15, 0.2) is 0 Å². The zero-order valence-corrected chi connectivity index (χ0v) is 18.1. The molecule has 2 N–H and O–H groups in total. The van der Waals surface area contributed by atoms with E-state index in [1.54, 1.807) is 17.8 Å². The number of aryl methyl sites for hydroxylation is 3. The third-order valence-corrected chi connectivity index (χ3v) is 5.66. The van der Waals surface area contributed by atoms with Crippen molar-refractivity contribution >= 4 is 17.5 Å². The molecule has 5 heterocycles. The fourth-order valence-electron chi connectivity index (χ4n) is 4.00. The van der Waals surface area contributed by atoms with Crippen LogP contribution in [0.4, 0.5) is 30.6 Å². The van der Waals surface area contributed by atoms with Gasteiger partial charge in [-0.05, 0) is 20.3 Å². The Morgan fingerprint density at radius 1 is 1.09 bits per heavy atom. The summed E-state index contributed by atoms with van der Waals surface area (Å²) in [5, 5.41) is 14.6. The fraction of sp³-hybridized carbons (Fsp3) is 0.350. The molecule has 0 saturated carbocycles. The summed E-state index contributed by atoms with van der Waals surface area (Å²) in [4.78, 5) is 12.0. The number of nitrogens with zero attached hydrogens (tertiary/aromatic N) is 8. The van der Waals surface area contributed by atoms with Gasteiger partial charge in [0, 0.05) is 19.8 Å². The summed E-state index contributed by atoms with van der Waals surface area (Å²) in [6.45, 7) is 4.59. The zero-order chi connectivity index (χ0) is 23.3. The van der Waals surface area contributed by atoms with Gasteiger partial charge >= 0.3 is 6.18 Å². The number of halogens is 3. The monoisotopic (exact) mass is 458 g/mol. The molecule has 0 aliphatic carbocycles. The number of hydrogen-bond acceptors (Lipinski definition) is 7. The lowest BCUT2D eigenvalue weighted by molar-refractivity contribution is -0.137. The summed E-state index contributed by atoms with van der Waals surface area (Å²) in [5.74, 6) is -0.278. The summed E-state index contributed by atoms with van der Waals surface area (Å²) >= 11 is 0. The van der Waals surface area contributed by atoms with E-state index in [9.17, 15) is 13.2 Å². The zero-order valence-electron chi connectivity index (χ0n) is 18.1. The van der Waals surface area contributed by atoms with E-state index in [4.69, 9.17) is 0 Å². The van der Waals surface area contributed by atoms with E-state index in [0.717, 1.165) is 36.2 Å². The Labute approximate surface area is 186 Å². The highest BCUT2D eigenvalue weighted by molar-refractivity contribution is 5.58. The van der Waals surface area contributed by atoms with Gasteiger partial charge in [0.05, 0.1) is 53.7 Å². The van der Waals surface area contributed by atoms with Gasteiger partial charge in [-0.15, -0.1) is 0 Å². The van der Waals surface area contributed by atoms with Crippen molar-refractivity contribution in [2.45, 2.75) is 39.0 Å². The van der Waals surface area contributed by atoms with Gasteiger partial charge in [0.1, 0.15) is 17.1 Å². The highest BCUT2D eigenvalue weighted by atomic mass is 19.4. The van der Waals surface area contributed by atoms with Crippen LogP contribution in [0.2, 0.25) is 0 Å². The first kappa shape index (κ1) is 21.0. The Morgan fingerprint density at radius 2 is 1.91 bits per heavy atom. The highest BCUT2D eigenvalue weighted by Crippen LogP contribution is 2.34. The molecule has 0 radical (unpaired) electrons. The molecule has 4 aromatic rings. The van der Waals surface area contributed by atoms with Crippen molar-refractivity contribution in [3.63, 3.8) is 0 Å². The van der Waals surface area contributed by atoms with Crippen molar-refractivity contribution < 1.29 is 13.2 Å². The van der Waals surface area contributed by atoms with Gasteiger partial charge in [0.2, 0.25) is 5.95 Å². The lowest BCUT2D eigenvalue weighted by Crippen LogP contribution is -2.12. The molecule has 10 nitrogen and oxygen atoms in total. The molecule has 0 bridgehead atoms. The third-order valence-electron chi connectivity index (χ3n) is 5.66. The molecule has 0 spiro atoms. The first-order valence-electron chi connectivity index (χ1n) is 10.3. The van der Waals surface area contributed by atoms with Crippen LogP contribution in [-0.4, -0.2) is 46.1 Å². The van der Waals surface area contributed by atoms with Crippen molar-refractivity contribution in [3.8, 4) is 5.69 Å². The number of alkyl halides is 3. The fourth-order valence-corrected chi connectivity index (χ4v) is 4.00. The third kappa shape index (κ3) is 3.68. The molecular weight excluding hydrogens is 437 g/mol. The Morgan fingerprint density at radius 3 is 2.67 bits per heavy atom. The van der Waals surface area contributed by atoms with Crippen molar-refractivity contribution in [1.82, 2.24) is 39.1 Å². The quantitative estimate of drug-likeness (QED) is 0.472. The normalized spacial score (nSPS) is 15.6. The number of hydrogen-bond donors (Lipinski definition) is 2. The average molecular weight is 458 g/mol. The Bertz CT molecular complexity index is 1320. The molecule has 0 unspecified atom stereocenters. The Hall–Kier alpha value is -3.90. The SMILES string of the molecule is CNc1nc(Nc2cn(-c3cn([C@@H]4CCn5cncc54)nc3C)nc2C)ncc1C(F)(F)F. The summed E-state index contributed by atoms with van der Waals surface area (Å²) in [6.07, 6.45) is 4.49. The van der Waals surface area contributed by atoms with E-state index < -0.39 is 11.7 Å². The van der Waals surface area contributed by atoms with E-state index >= 15 is 0 Å². The number of rotatable bonds is 5. The largest absolute Gasteiger partial charge is 0.421 e. The molecule has 1 atom stereocenters. The van der Waals surface area contributed by atoms with Gasteiger partial charge < -0.3 is 15.2 Å². The minimum Gasteiger partial charge on any atom is -0.372 e. The molecule has 0 saturated heterocycles. The molecule has 5 rings (SSSR count). The topological polar surface area (TPSA) is 103 Å². The van der Waals surface area contributed by atoms with E-state index in [0.29, 0.717) is 11.4 Å². The van der Waals surface area contributed by atoms with Crippen molar-refractivity contribution in [3.05, 3.63) is 53.8 Å². The molecule has 172 valence electrons. The average Bonchev–Trinajstić information content (AvgIpc) is 3.52. The van der Waals surface area contributed by atoms with Crippen LogP contribution in [0.25, 0.3) is 5.69 Å². The second-order valence-electron chi connectivity index (χ2n) is 7.80. The van der Waals surface area contributed by atoms with Crippen LogP contribution in [0.3, 0.4) is 0 Å². The van der Waals surface area contributed by atoms with Gasteiger partial charge in [-0.3, -0.25) is 4.68 Å². The maximum absolute atomic E-state index is 13.1. The van der Waals surface area contributed by atoms with Crippen molar-refractivity contribution in [2.75, 3.05) is 17.7 Å². The molecule has 13 heteroatoms. The number of anilines is 3. The first-order valence-corrected chi connectivity index (χ1v) is 10.3.